The normalized spacial score (nSPS) is 13.9. The maximum absolute atomic E-state index is 13.6. The van der Waals surface area contributed by atoms with Crippen LogP contribution in [0.3, 0.4) is 0 Å². The number of rotatable bonds is 5. The van der Waals surface area contributed by atoms with Crippen molar-refractivity contribution >= 4 is 29.2 Å². The van der Waals surface area contributed by atoms with Gasteiger partial charge in [0.1, 0.15) is 11.6 Å². The van der Waals surface area contributed by atoms with Crippen LogP contribution >= 0.6 is 0 Å². The monoisotopic (exact) mass is 442 g/mol. The molecule has 3 N–H and O–H groups in total. The fourth-order valence-electron chi connectivity index (χ4n) is 3.46. The van der Waals surface area contributed by atoms with E-state index in [9.17, 15) is 18.8 Å². The second-order valence-electron chi connectivity index (χ2n) is 7.69. The number of para-hydroxylation sites is 2. The lowest BCUT2D eigenvalue weighted by Gasteiger charge is -2.32. The lowest BCUT2D eigenvalue weighted by Crippen LogP contribution is -2.44. The maximum atomic E-state index is 13.6. The number of halogens is 1. The number of nitrogens with one attached hydrogen (secondary N) is 3. The first-order valence-corrected chi connectivity index (χ1v) is 10.4. The Morgan fingerprint density at radius 3 is 2.47 bits per heavy atom. The van der Waals surface area contributed by atoms with Crippen LogP contribution in [0, 0.1) is 18.7 Å². The molecule has 0 unspecified atom stereocenters. The minimum atomic E-state index is -0.845. The smallest absolute Gasteiger partial charge is 0.321 e. The van der Waals surface area contributed by atoms with Crippen LogP contribution in [0.25, 0.3) is 0 Å². The minimum Gasteiger partial charge on any atom is -0.495 e. The molecule has 9 heteroatoms. The van der Waals surface area contributed by atoms with Crippen molar-refractivity contribution in [2.24, 2.45) is 5.92 Å². The molecule has 1 heterocycles. The number of hydrogen-bond acceptors (Lipinski definition) is 4. The van der Waals surface area contributed by atoms with Crippen molar-refractivity contribution < 1.29 is 23.5 Å². The first-order valence-electron chi connectivity index (χ1n) is 10.4. The summed E-state index contributed by atoms with van der Waals surface area (Å²) in [5.74, 6) is -1.34. The van der Waals surface area contributed by atoms with Crippen LogP contribution in [-0.4, -0.2) is 49.5 Å². The summed E-state index contributed by atoms with van der Waals surface area (Å²) in [5.41, 5.74) is 1.28. The third kappa shape index (κ3) is 5.96. The molecule has 0 saturated carbocycles. The summed E-state index contributed by atoms with van der Waals surface area (Å²) in [6.45, 7) is 3.02. The highest BCUT2D eigenvalue weighted by Gasteiger charge is 2.24. The highest BCUT2D eigenvalue weighted by atomic mass is 19.1. The molecule has 3 rings (SSSR count). The number of anilines is 2. The predicted octanol–water partition coefficient (Wildman–Crippen LogP) is 3.14. The van der Waals surface area contributed by atoms with Crippen molar-refractivity contribution in [2.45, 2.75) is 19.8 Å². The molecule has 2 aromatic carbocycles. The van der Waals surface area contributed by atoms with Gasteiger partial charge in [-0.15, -0.1) is 0 Å². The summed E-state index contributed by atoms with van der Waals surface area (Å²) in [4.78, 5) is 38.3. The third-order valence-corrected chi connectivity index (χ3v) is 5.44. The molecule has 8 nitrogen and oxygen atoms in total. The highest BCUT2D eigenvalue weighted by molar-refractivity contribution is 6.39. The van der Waals surface area contributed by atoms with Crippen LogP contribution in [-0.2, 0) is 9.59 Å². The Kier molecular flexibility index (Phi) is 7.64. The number of methoxy groups -OCH3 is 1. The number of urea groups is 1. The van der Waals surface area contributed by atoms with Crippen LogP contribution < -0.4 is 20.7 Å². The molecule has 0 radical (unpaired) electrons. The van der Waals surface area contributed by atoms with Crippen LogP contribution in [0.15, 0.2) is 42.5 Å². The van der Waals surface area contributed by atoms with E-state index >= 15 is 0 Å². The van der Waals surface area contributed by atoms with Crippen LogP contribution in [0.2, 0.25) is 0 Å². The fourth-order valence-corrected chi connectivity index (χ4v) is 3.46. The Labute approximate surface area is 186 Å². The van der Waals surface area contributed by atoms with Gasteiger partial charge in [-0.1, -0.05) is 18.2 Å². The molecule has 4 amide bonds. The number of nitrogens with zero attached hydrogens (tertiary/aromatic N) is 1. The van der Waals surface area contributed by atoms with Crippen molar-refractivity contribution in [3.8, 4) is 5.75 Å². The lowest BCUT2D eigenvalue weighted by molar-refractivity contribution is -0.136. The molecule has 2 aromatic rings. The number of ether oxygens (including phenoxy) is 1. The number of aryl methyl sites for hydroxylation is 1. The molecule has 1 aliphatic heterocycles. The molecule has 0 spiro atoms. The lowest BCUT2D eigenvalue weighted by atomic mass is 9.97. The zero-order valence-corrected chi connectivity index (χ0v) is 18.1. The second-order valence-corrected chi connectivity index (χ2v) is 7.69. The number of benzene rings is 2. The fraction of sp³-hybridized carbons (Fsp3) is 0.348. The molecular formula is C23H27FN4O4. The number of carbonyl (C=O) groups excluding carboxylic acids is 3. The Hall–Kier alpha value is -3.62. The molecular weight excluding hydrogens is 415 g/mol. The van der Waals surface area contributed by atoms with Gasteiger partial charge in [0.25, 0.3) is 0 Å². The van der Waals surface area contributed by atoms with E-state index in [0.29, 0.717) is 49.5 Å². The summed E-state index contributed by atoms with van der Waals surface area (Å²) in [6, 6.07) is 11.2. The third-order valence-electron chi connectivity index (χ3n) is 5.44. The summed E-state index contributed by atoms with van der Waals surface area (Å²) in [7, 11) is 1.55. The molecule has 1 aliphatic rings. The van der Waals surface area contributed by atoms with Gasteiger partial charge in [-0.3, -0.25) is 9.59 Å². The topological polar surface area (TPSA) is 99.8 Å². The largest absolute Gasteiger partial charge is 0.495 e. The maximum Gasteiger partial charge on any atom is 0.321 e. The summed E-state index contributed by atoms with van der Waals surface area (Å²) >= 11 is 0. The van der Waals surface area contributed by atoms with Crippen LogP contribution in [0.4, 0.5) is 20.6 Å². The molecule has 0 atom stereocenters. The van der Waals surface area contributed by atoms with E-state index in [0.717, 1.165) is 0 Å². The Morgan fingerprint density at radius 2 is 1.78 bits per heavy atom. The molecule has 1 saturated heterocycles. The van der Waals surface area contributed by atoms with E-state index in [1.165, 1.54) is 18.2 Å². The average molecular weight is 442 g/mol. The van der Waals surface area contributed by atoms with Gasteiger partial charge in [0.05, 0.1) is 12.8 Å². The van der Waals surface area contributed by atoms with E-state index in [2.05, 4.69) is 16.0 Å². The molecule has 32 heavy (non-hydrogen) atoms. The van der Waals surface area contributed by atoms with Crippen molar-refractivity contribution in [3.05, 3.63) is 53.8 Å². The van der Waals surface area contributed by atoms with E-state index < -0.39 is 17.6 Å². The Balaban J connectivity index is 1.41. The quantitative estimate of drug-likeness (QED) is 0.620. The number of likely N-dealkylation sites (tertiary alicyclic amines) is 1. The standard InChI is InChI=1S/C23H27FN4O4/c1-15-7-8-17(13-18(15)24)26-22(30)21(29)25-14-16-9-11-28(12-10-16)23(31)27-19-5-3-4-6-20(19)32-2/h3-8,13,16H,9-12,14H2,1-2H3,(H,25,29)(H,26,30)(H,27,31). The molecule has 0 aromatic heterocycles. The van der Waals surface area contributed by atoms with Gasteiger partial charge < -0.3 is 25.6 Å². The molecule has 1 fully saturated rings. The van der Waals surface area contributed by atoms with Crippen LogP contribution in [0.1, 0.15) is 18.4 Å². The molecule has 170 valence electrons. The van der Waals surface area contributed by atoms with Crippen molar-refractivity contribution in [1.82, 2.24) is 10.2 Å². The van der Waals surface area contributed by atoms with E-state index in [-0.39, 0.29) is 17.6 Å². The van der Waals surface area contributed by atoms with E-state index in [1.54, 1.807) is 31.1 Å². The van der Waals surface area contributed by atoms with Gasteiger partial charge in [0, 0.05) is 25.3 Å². The summed E-state index contributed by atoms with van der Waals surface area (Å²) in [6.07, 6.45) is 1.40. The van der Waals surface area contributed by atoms with Gasteiger partial charge in [-0.05, 0) is 55.5 Å². The van der Waals surface area contributed by atoms with Crippen LogP contribution in [0.5, 0.6) is 5.75 Å². The van der Waals surface area contributed by atoms with E-state index in [4.69, 9.17) is 4.74 Å². The minimum absolute atomic E-state index is 0.152. The number of hydrogen-bond donors (Lipinski definition) is 3. The molecule has 0 bridgehead atoms. The van der Waals surface area contributed by atoms with Crippen molar-refractivity contribution in [2.75, 3.05) is 37.4 Å². The number of piperidine rings is 1. The summed E-state index contributed by atoms with van der Waals surface area (Å²) < 4.78 is 18.8. The molecule has 0 aliphatic carbocycles. The Morgan fingerprint density at radius 1 is 1.06 bits per heavy atom. The first-order chi connectivity index (χ1) is 15.4. The zero-order chi connectivity index (χ0) is 23.1. The van der Waals surface area contributed by atoms with E-state index in [1.807, 2.05) is 12.1 Å². The highest BCUT2D eigenvalue weighted by Crippen LogP contribution is 2.24. The first kappa shape index (κ1) is 23.1. The SMILES string of the molecule is COc1ccccc1NC(=O)N1CCC(CNC(=O)C(=O)Nc2ccc(C)c(F)c2)CC1. The van der Waals surface area contributed by atoms with Gasteiger partial charge >= 0.3 is 17.8 Å². The van der Waals surface area contributed by atoms with Gasteiger partial charge in [-0.2, -0.15) is 0 Å². The van der Waals surface area contributed by atoms with Gasteiger partial charge in [-0.25, -0.2) is 9.18 Å². The summed E-state index contributed by atoms with van der Waals surface area (Å²) in [5, 5.41) is 7.86. The van der Waals surface area contributed by atoms with Crippen molar-refractivity contribution in [3.63, 3.8) is 0 Å². The zero-order valence-electron chi connectivity index (χ0n) is 18.1. The number of amides is 4. The van der Waals surface area contributed by atoms with Crippen molar-refractivity contribution in [1.29, 1.82) is 0 Å². The second kappa shape index (κ2) is 10.6. The average Bonchev–Trinajstić information content (AvgIpc) is 2.80. The van der Waals surface area contributed by atoms with Gasteiger partial charge in [0.2, 0.25) is 0 Å². The Bertz CT molecular complexity index is 990. The van der Waals surface area contributed by atoms with Gasteiger partial charge in [0.15, 0.2) is 0 Å². The number of carbonyl (C=O) groups is 3. The predicted molar refractivity (Wildman–Crippen MR) is 119 cm³/mol.